The second-order valence-electron chi connectivity index (χ2n) is 7.54. The van der Waals surface area contributed by atoms with E-state index in [4.69, 9.17) is 29.4 Å². The molecule has 1 aromatic heterocycles. The first kappa shape index (κ1) is 22.9. The molecule has 0 saturated heterocycles. The van der Waals surface area contributed by atoms with Gasteiger partial charge in [0.15, 0.2) is 11.5 Å². The standard InChI is InChI=1S/C25H26N4O5/c1-5-12-33-15-8-6-14(7-9-15)21-20-19(17(13-26)24(27)34-25(20)29-28-21)16-10-11-18(30-2)23(32-4)22(16)31-3/h6-11,19H,5,12,27H2,1-4H3,(H,28,29). The van der Waals surface area contributed by atoms with E-state index in [0.717, 1.165) is 17.7 Å². The number of nitrogens with two attached hydrogens (primary N) is 1. The van der Waals surface area contributed by atoms with Crippen LogP contribution in [-0.4, -0.2) is 38.1 Å². The van der Waals surface area contributed by atoms with Crippen LogP contribution in [0, 0.1) is 11.3 Å². The Balaban J connectivity index is 1.90. The molecule has 2 heterocycles. The molecule has 1 atom stereocenters. The highest BCUT2D eigenvalue weighted by Gasteiger charge is 2.38. The number of hydrogen-bond donors (Lipinski definition) is 2. The molecule has 9 nitrogen and oxygen atoms in total. The van der Waals surface area contributed by atoms with Crippen molar-refractivity contribution in [2.45, 2.75) is 19.3 Å². The van der Waals surface area contributed by atoms with Gasteiger partial charge in [-0.05, 0) is 36.8 Å². The van der Waals surface area contributed by atoms with Crippen LogP contribution in [0.1, 0.15) is 30.4 Å². The van der Waals surface area contributed by atoms with Crippen LogP contribution in [0.5, 0.6) is 28.9 Å². The first-order chi connectivity index (χ1) is 16.6. The van der Waals surface area contributed by atoms with Gasteiger partial charge in [-0.3, -0.25) is 5.10 Å². The third kappa shape index (κ3) is 3.83. The summed E-state index contributed by atoms with van der Waals surface area (Å²) in [6.07, 6.45) is 0.923. The lowest BCUT2D eigenvalue weighted by Crippen LogP contribution is -2.21. The van der Waals surface area contributed by atoms with Crippen molar-refractivity contribution < 1.29 is 23.7 Å². The van der Waals surface area contributed by atoms with Crippen molar-refractivity contribution in [1.29, 1.82) is 5.26 Å². The molecule has 0 radical (unpaired) electrons. The fourth-order valence-corrected chi connectivity index (χ4v) is 4.07. The van der Waals surface area contributed by atoms with Gasteiger partial charge in [0.05, 0.1) is 45.1 Å². The van der Waals surface area contributed by atoms with E-state index < -0.39 is 5.92 Å². The zero-order chi connectivity index (χ0) is 24.2. The van der Waals surface area contributed by atoms with Crippen LogP contribution in [0.15, 0.2) is 47.9 Å². The van der Waals surface area contributed by atoms with Crippen LogP contribution in [0.2, 0.25) is 0 Å². The summed E-state index contributed by atoms with van der Waals surface area (Å²) in [5.41, 5.74) is 9.24. The monoisotopic (exact) mass is 462 g/mol. The number of rotatable bonds is 8. The summed E-state index contributed by atoms with van der Waals surface area (Å²) in [5.74, 6) is 1.77. The number of aromatic amines is 1. The summed E-state index contributed by atoms with van der Waals surface area (Å²) in [5, 5.41) is 17.4. The number of nitriles is 1. The number of benzene rings is 2. The van der Waals surface area contributed by atoms with Gasteiger partial charge in [-0.25, -0.2) is 0 Å². The molecule has 1 aliphatic heterocycles. The second kappa shape index (κ2) is 9.67. The topological polar surface area (TPSA) is 125 Å². The molecule has 2 aromatic carbocycles. The number of methoxy groups -OCH3 is 3. The van der Waals surface area contributed by atoms with Crippen molar-refractivity contribution in [3.8, 4) is 46.2 Å². The minimum atomic E-state index is -0.617. The Morgan fingerprint density at radius 1 is 1.06 bits per heavy atom. The van der Waals surface area contributed by atoms with E-state index in [1.54, 1.807) is 13.2 Å². The minimum Gasteiger partial charge on any atom is -0.494 e. The quantitative estimate of drug-likeness (QED) is 0.512. The Bertz CT molecular complexity index is 1260. The summed E-state index contributed by atoms with van der Waals surface area (Å²) < 4.78 is 28.1. The average molecular weight is 463 g/mol. The molecule has 0 saturated carbocycles. The number of hydrogen-bond acceptors (Lipinski definition) is 8. The number of allylic oxidation sites excluding steroid dienone is 1. The summed E-state index contributed by atoms with van der Waals surface area (Å²) in [6, 6.07) is 13.4. The molecule has 176 valence electrons. The molecular weight excluding hydrogens is 436 g/mol. The lowest BCUT2D eigenvalue weighted by atomic mass is 9.82. The maximum Gasteiger partial charge on any atom is 0.244 e. The number of fused-ring (bicyclic) bond motifs is 1. The Kier molecular flexibility index (Phi) is 6.50. The molecule has 9 heteroatoms. The fourth-order valence-electron chi connectivity index (χ4n) is 4.07. The lowest BCUT2D eigenvalue weighted by Gasteiger charge is -2.26. The van der Waals surface area contributed by atoms with Gasteiger partial charge >= 0.3 is 0 Å². The summed E-state index contributed by atoms with van der Waals surface area (Å²) in [4.78, 5) is 0. The lowest BCUT2D eigenvalue weighted by molar-refractivity contribution is 0.317. The molecule has 3 aromatic rings. The number of nitrogens with zero attached hydrogens (tertiary/aromatic N) is 2. The molecule has 0 aliphatic carbocycles. The maximum atomic E-state index is 10.0. The van der Waals surface area contributed by atoms with E-state index in [1.807, 2.05) is 30.3 Å². The van der Waals surface area contributed by atoms with E-state index >= 15 is 0 Å². The van der Waals surface area contributed by atoms with Crippen molar-refractivity contribution in [3.63, 3.8) is 0 Å². The molecular formula is C25H26N4O5. The summed E-state index contributed by atoms with van der Waals surface area (Å²) in [6.45, 7) is 2.70. The maximum absolute atomic E-state index is 10.0. The molecule has 0 spiro atoms. The van der Waals surface area contributed by atoms with Crippen LogP contribution in [0.3, 0.4) is 0 Å². The number of H-pyrrole nitrogens is 1. The van der Waals surface area contributed by atoms with Gasteiger partial charge in [-0.15, -0.1) is 5.10 Å². The molecule has 4 rings (SSSR count). The second-order valence-corrected chi connectivity index (χ2v) is 7.54. The van der Waals surface area contributed by atoms with Crippen molar-refractivity contribution in [2.24, 2.45) is 5.73 Å². The van der Waals surface area contributed by atoms with Crippen molar-refractivity contribution in [3.05, 3.63) is 59.0 Å². The molecule has 0 fully saturated rings. The van der Waals surface area contributed by atoms with Crippen LogP contribution in [0.25, 0.3) is 11.3 Å². The largest absolute Gasteiger partial charge is 0.494 e. The molecule has 3 N–H and O–H groups in total. The van der Waals surface area contributed by atoms with Gasteiger partial charge in [0.1, 0.15) is 17.4 Å². The van der Waals surface area contributed by atoms with Gasteiger partial charge in [0, 0.05) is 11.1 Å². The zero-order valence-electron chi connectivity index (χ0n) is 19.5. The van der Waals surface area contributed by atoms with E-state index in [-0.39, 0.29) is 11.5 Å². The highest BCUT2D eigenvalue weighted by Crippen LogP contribution is 2.51. The number of ether oxygens (including phenoxy) is 5. The number of aromatic nitrogens is 2. The fraction of sp³-hybridized carbons (Fsp3) is 0.280. The van der Waals surface area contributed by atoms with E-state index in [2.05, 4.69) is 23.2 Å². The van der Waals surface area contributed by atoms with Gasteiger partial charge in [-0.1, -0.05) is 13.0 Å². The Labute approximate surface area is 197 Å². The van der Waals surface area contributed by atoms with Crippen LogP contribution in [-0.2, 0) is 0 Å². The smallest absolute Gasteiger partial charge is 0.244 e. The summed E-state index contributed by atoms with van der Waals surface area (Å²) in [7, 11) is 4.61. The molecule has 0 bridgehead atoms. The molecule has 0 amide bonds. The highest BCUT2D eigenvalue weighted by molar-refractivity contribution is 5.73. The van der Waals surface area contributed by atoms with Gasteiger partial charge in [0.25, 0.3) is 0 Å². The predicted molar refractivity (Wildman–Crippen MR) is 125 cm³/mol. The third-order valence-electron chi connectivity index (χ3n) is 5.60. The SMILES string of the molecule is CCCOc1ccc(-c2[nH]nc3c2C(c2ccc(OC)c(OC)c2OC)C(C#N)=C(N)O3)cc1. The summed E-state index contributed by atoms with van der Waals surface area (Å²) >= 11 is 0. The van der Waals surface area contributed by atoms with E-state index in [0.29, 0.717) is 46.6 Å². The normalized spacial score (nSPS) is 14.6. The van der Waals surface area contributed by atoms with Gasteiger partial charge in [0.2, 0.25) is 17.5 Å². The van der Waals surface area contributed by atoms with Crippen molar-refractivity contribution in [1.82, 2.24) is 10.2 Å². The first-order valence-corrected chi connectivity index (χ1v) is 10.8. The molecule has 34 heavy (non-hydrogen) atoms. The molecule has 1 aliphatic rings. The van der Waals surface area contributed by atoms with Gasteiger partial charge < -0.3 is 29.4 Å². The Hall–Kier alpha value is -4.32. The van der Waals surface area contributed by atoms with Crippen LogP contribution >= 0.6 is 0 Å². The van der Waals surface area contributed by atoms with Crippen LogP contribution in [0.4, 0.5) is 0 Å². The third-order valence-corrected chi connectivity index (χ3v) is 5.60. The van der Waals surface area contributed by atoms with Crippen LogP contribution < -0.4 is 29.4 Å². The highest BCUT2D eigenvalue weighted by atomic mass is 16.5. The Morgan fingerprint density at radius 3 is 2.41 bits per heavy atom. The first-order valence-electron chi connectivity index (χ1n) is 10.8. The van der Waals surface area contributed by atoms with Gasteiger partial charge in [-0.2, -0.15) is 5.26 Å². The average Bonchev–Trinajstić information content (AvgIpc) is 3.29. The van der Waals surface area contributed by atoms with E-state index in [1.165, 1.54) is 14.2 Å². The zero-order valence-corrected chi connectivity index (χ0v) is 19.5. The van der Waals surface area contributed by atoms with Crippen molar-refractivity contribution >= 4 is 0 Å². The van der Waals surface area contributed by atoms with Crippen molar-refractivity contribution in [2.75, 3.05) is 27.9 Å². The predicted octanol–water partition coefficient (Wildman–Crippen LogP) is 4.11. The Morgan fingerprint density at radius 2 is 1.79 bits per heavy atom. The number of nitrogens with one attached hydrogen (secondary N) is 1. The minimum absolute atomic E-state index is 0.0156. The molecule has 1 unspecified atom stereocenters. The van der Waals surface area contributed by atoms with E-state index in [9.17, 15) is 5.26 Å².